The molecule has 3 saturated heterocycles. The Bertz CT molecular complexity index is 559. The summed E-state index contributed by atoms with van der Waals surface area (Å²) < 4.78 is 11.5. The van der Waals surface area contributed by atoms with E-state index in [0.717, 1.165) is 51.1 Å². The van der Waals surface area contributed by atoms with Crippen molar-refractivity contribution in [3.8, 4) is 0 Å². The number of ether oxygens (including phenoxy) is 2. The standard InChI is InChI=1S/C18H24N2O3/c21-17-13-23-16-12-20(15-6-10-22-11-7-15)9-8-18(16,19-17)14-4-2-1-3-5-14/h1-5,15-16H,6-13H2,(H,19,21)/t16-,18+/m1/s1. The van der Waals surface area contributed by atoms with Crippen LogP contribution < -0.4 is 5.32 Å². The Morgan fingerprint density at radius 2 is 1.96 bits per heavy atom. The molecular formula is C18H24N2O3. The van der Waals surface area contributed by atoms with E-state index < -0.39 is 0 Å². The van der Waals surface area contributed by atoms with Gasteiger partial charge in [-0.15, -0.1) is 0 Å². The van der Waals surface area contributed by atoms with E-state index in [0.29, 0.717) is 6.04 Å². The minimum absolute atomic E-state index is 0.00961. The van der Waals surface area contributed by atoms with E-state index in [1.54, 1.807) is 0 Å². The van der Waals surface area contributed by atoms with Gasteiger partial charge in [0.15, 0.2) is 0 Å². The molecule has 4 rings (SSSR count). The highest BCUT2D eigenvalue weighted by Gasteiger charge is 2.49. The predicted molar refractivity (Wildman–Crippen MR) is 86.0 cm³/mol. The number of rotatable bonds is 2. The first kappa shape index (κ1) is 15.1. The maximum absolute atomic E-state index is 12.0. The van der Waals surface area contributed by atoms with Gasteiger partial charge in [-0.25, -0.2) is 0 Å². The van der Waals surface area contributed by atoms with Crippen molar-refractivity contribution < 1.29 is 14.3 Å². The molecule has 0 radical (unpaired) electrons. The van der Waals surface area contributed by atoms with Gasteiger partial charge in [-0.2, -0.15) is 0 Å². The zero-order chi connectivity index (χ0) is 15.7. The average Bonchev–Trinajstić information content (AvgIpc) is 2.62. The lowest BCUT2D eigenvalue weighted by atomic mass is 9.77. The molecule has 0 saturated carbocycles. The number of benzene rings is 1. The molecule has 5 heteroatoms. The van der Waals surface area contributed by atoms with Gasteiger partial charge in [0, 0.05) is 32.3 Å². The molecule has 1 aromatic rings. The molecule has 2 atom stereocenters. The zero-order valence-electron chi connectivity index (χ0n) is 13.4. The van der Waals surface area contributed by atoms with Crippen LogP contribution in [-0.4, -0.2) is 55.9 Å². The van der Waals surface area contributed by atoms with Crippen LogP contribution in [0.15, 0.2) is 30.3 Å². The summed E-state index contributed by atoms with van der Waals surface area (Å²) in [5, 5.41) is 3.26. The van der Waals surface area contributed by atoms with Crippen molar-refractivity contribution in [3.05, 3.63) is 35.9 Å². The molecule has 3 aliphatic rings. The highest BCUT2D eigenvalue weighted by molar-refractivity contribution is 5.79. The van der Waals surface area contributed by atoms with Crippen LogP contribution in [0.25, 0.3) is 0 Å². The molecule has 23 heavy (non-hydrogen) atoms. The van der Waals surface area contributed by atoms with Gasteiger partial charge < -0.3 is 14.8 Å². The third-order valence-electron chi connectivity index (χ3n) is 5.52. The lowest BCUT2D eigenvalue weighted by molar-refractivity contribution is -0.155. The molecule has 3 fully saturated rings. The lowest BCUT2D eigenvalue weighted by Crippen LogP contribution is -2.67. The normalized spacial score (nSPS) is 33.0. The van der Waals surface area contributed by atoms with Gasteiger partial charge in [-0.05, 0) is 24.8 Å². The molecule has 5 nitrogen and oxygen atoms in total. The second-order valence-electron chi connectivity index (χ2n) is 6.77. The van der Waals surface area contributed by atoms with Crippen molar-refractivity contribution in [1.29, 1.82) is 0 Å². The molecule has 0 bridgehead atoms. The van der Waals surface area contributed by atoms with E-state index in [4.69, 9.17) is 9.47 Å². The molecule has 1 amide bonds. The summed E-state index contributed by atoms with van der Waals surface area (Å²) in [5.74, 6) is -0.00961. The van der Waals surface area contributed by atoms with Gasteiger partial charge in [-0.1, -0.05) is 30.3 Å². The topological polar surface area (TPSA) is 50.8 Å². The molecular weight excluding hydrogens is 292 g/mol. The second-order valence-corrected chi connectivity index (χ2v) is 6.77. The fourth-order valence-corrected chi connectivity index (χ4v) is 4.26. The average molecular weight is 316 g/mol. The maximum Gasteiger partial charge on any atom is 0.246 e. The first-order chi connectivity index (χ1) is 11.3. The smallest absolute Gasteiger partial charge is 0.246 e. The minimum atomic E-state index is -0.377. The number of piperidine rings is 1. The summed E-state index contributed by atoms with van der Waals surface area (Å²) in [6.07, 6.45) is 3.10. The van der Waals surface area contributed by atoms with E-state index in [2.05, 4.69) is 22.3 Å². The Morgan fingerprint density at radius 1 is 1.17 bits per heavy atom. The maximum atomic E-state index is 12.0. The van der Waals surface area contributed by atoms with Gasteiger partial charge in [0.1, 0.15) is 6.61 Å². The van der Waals surface area contributed by atoms with Crippen LogP contribution in [-0.2, 0) is 19.8 Å². The number of carbonyl (C=O) groups excluding carboxylic acids is 1. The SMILES string of the molecule is O=C1CO[C@@H]2CN(C3CCOCC3)CC[C@@]2(c2ccccc2)N1. The van der Waals surface area contributed by atoms with Crippen LogP contribution in [0, 0.1) is 0 Å². The first-order valence-electron chi connectivity index (χ1n) is 8.58. The summed E-state index contributed by atoms with van der Waals surface area (Å²) in [6.45, 7) is 3.74. The van der Waals surface area contributed by atoms with Crippen LogP contribution in [0.2, 0.25) is 0 Å². The Balaban J connectivity index is 1.58. The van der Waals surface area contributed by atoms with Crippen LogP contribution in [0.3, 0.4) is 0 Å². The van der Waals surface area contributed by atoms with Gasteiger partial charge in [0.25, 0.3) is 0 Å². The lowest BCUT2D eigenvalue weighted by Gasteiger charge is -2.52. The predicted octanol–water partition coefficient (Wildman–Crippen LogP) is 1.28. The van der Waals surface area contributed by atoms with Crippen molar-refractivity contribution in [2.24, 2.45) is 0 Å². The molecule has 0 spiro atoms. The third kappa shape index (κ3) is 2.77. The third-order valence-corrected chi connectivity index (χ3v) is 5.52. The highest BCUT2D eigenvalue weighted by Crippen LogP contribution is 2.38. The van der Waals surface area contributed by atoms with Crippen molar-refractivity contribution in [1.82, 2.24) is 10.2 Å². The molecule has 3 aliphatic heterocycles. The molecule has 0 aromatic heterocycles. The molecule has 1 aromatic carbocycles. The van der Waals surface area contributed by atoms with E-state index in [-0.39, 0.29) is 24.2 Å². The number of hydrogen-bond donors (Lipinski definition) is 1. The Morgan fingerprint density at radius 3 is 2.74 bits per heavy atom. The van der Waals surface area contributed by atoms with Gasteiger partial charge in [0.05, 0.1) is 11.6 Å². The number of nitrogens with one attached hydrogen (secondary N) is 1. The molecule has 1 N–H and O–H groups in total. The van der Waals surface area contributed by atoms with Gasteiger partial charge in [-0.3, -0.25) is 9.69 Å². The molecule has 3 heterocycles. The molecule has 124 valence electrons. The molecule has 0 aliphatic carbocycles. The van der Waals surface area contributed by atoms with Crippen molar-refractivity contribution in [2.45, 2.75) is 36.9 Å². The van der Waals surface area contributed by atoms with E-state index in [1.165, 1.54) is 0 Å². The number of morpholine rings is 1. The number of fused-ring (bicyclic) bond motifs is 1. The number of nitrogens with zero attached hydrogens (tertiary/aromatic N) is 1. The van der Waals surface area contributed by atoms with Crippen LogP contribution in [0.4, 0.5) is 0 Å². The largest absolute Gasteiger partial charge is 0.381 e. The zero-order valence-corrected chi connectivity index (χ0v) is 13.4. The number of hydrogen-bond acceptors (Lipinski definition) is 4. The summed E-state index contributed by atoms with van der Waals surface area (Å²) in [7, 11) is 0. The quantitative estimate of drug-likeness (QED) is 0.893. The summed E-state index contributed by atoms with van der Waals surface area (Å²) in [4.78, 5) is 14.5. The summed E-state index contributed by atoms with van der Waals surface area (Å²) >= 11 is 0. The van der Waals surface area contributed by atoms with Crippen molar-refractivity contribution in [3.63, 3.8) is 0 Å². The monoisotopic (exact) mass is 316 g/mol. The van der Waals surface area contributed by atoms with E-state index in [9.17, 15) is 4.79 Å². The van der Waals surface area contributed by atoms with E-state index in [1.807, 2.05) is 18.2 Å². The van der Waals surface area contributed by atoms with Crippen molar-refractivity contribution >= 4 is 5.91 Å². The fraction of sp³-hybridized carbons (Fsp3) is 0.611. The van der Waals surface area contributed by atoms with Crippen LogP contribution >= 0.6 is 0 Å². The first-order valence-corrected chi connectivity index (χ1v) is 8.58. The second kappa shape index (κ2) is 6.23. The Labute approximate surface area is 136 Å². The number of carbonyl (C=O) groups is 1. The number of amides is 1. The van der Waals surface area contributed by atoms with Crippen LogP contribution in [0.5, 0.6) is 0 Å². The van der Waals surface area contributed by atoms with Crippen LogP contribution in [0.1, 0.15) is 24.8 Å². The fourth-order valence-electron chi connectivity index (χ4n) is 4.26. The summed E-state index contributed by atoms with van der Waals surface area (Å²) in [5.41, 5.74) is 0.780. The minimum Gasteiger partial charge on any atom is -0.381 e. The van der Waals surface area contributed by atoms with E-state index >= 15 is 0 Å². The Kier molecular flexibility index (Phi) is 4.09. The Hall–Kier alpha value is -1.43. The van der Waals surface area contributed by atoms with Gasteiger partial charge in [0.2, 0.25) is 5.91 Å². The van der Waals surface area contributed by atoms with Crippen molar-refractivity contribution in [2.75, 3.05) is 32.9 Å². The number of likely N-dealkylation sites (tertiary alicyclic amines) is 1. The summed E-state index contributed by atoms with van der Waals surface area (Å²) in [6, 6.07) is 10.9. The highest BCUT2D eigenvalue weighted by atomic mass is 16.5. The molecule has 0 unspecified atom stereocenters. The van der Waals surface area contributed by atoms with Gasteiger partial charge >= 0.3 is 0 Å².